The maximum atomic E-state index is 12.1. The van der Waals surface area contributed by atoms with E-state index in [9.17, 15) is 14.4 Å². The van der Waals surface area contributed by atoms with E-state index in [1.54, 1.807) is 39.2 Å². The normalized spacial score (nSPS) is 11.2. The number of nitrogens with two attached hydrogens (primary N) is 2. The molecule has 44 heavy (non-hydrogen) atoms. The molecule has 0 aliphatic rings. The number of ketones is 1. The number of halogens is 1. The third kappa shape index (κ3) is 18.6. The van der Waals surface area contributed by atoms with Crippen LogP contribution in [-0.2, 0) is 20.8 Å². The molecule has 9 nitrogen and oxygen atoms in total. The van der Waals surface area contributed by atoms with Crippen molar-refractivity contribution in [3.63, 3.8) is 0 Å². The van der Waals surface area contributed by atoms with Crippen LogP contribution in [0.25, 0.3) is 0 Å². The van der Waals surface area contributed by atoms with Gasteiger partial charge in [-0.1, -0.05) is 83.1 Å². The van der Waals surface area contributed by atoms with Gasteiger partial charge in [0.1, 0.15) is 17.4 Å². The fraction of sp³-hybridized carbons (Fsp3) is 0.618. The number of aryl methyl sites for hydroxylation is 2. The zero-order valence-corrected chi connectivity index (χ0v) is 30.5. The smallest absolute Gasteiger partial charge is 0.230 e. The number of hydrogen-bond donors (Lipinski definition) is 3. The third-order valence-electron chi connectivity index (χ3n) is 6.43. The molecule has 0 atom stereocenters. The SMILES string of the molecule is CC(C)(C)C(=O)Cl.CCN(CC)CC.Cc1cc(N)ncc1N.Cc1cc(NC(=O)C(C)(C)C)ncc1CC(=O)C(C)(C)C. The molecule has 0 aliphatic heterocycles. The number of rotatable bonds is 6. The van der Waals surface area contributed by atoms with Gasteiger partial charge in [0.15, 0.2) is 0 Å². The predicted octanol–water partition coefficient (Wildman–Crippen LogP) is 7.23. The Labute approximate surface area is 271 Å². The standard InChI is InChI=1S/C17H26N2O2.C6H9N3.C6H15N.C5H9ClO/c1-11-8-14(19-15(21)17(5,6)7)18-10-12(11)9-13(20)16(2,3)4;1-4-2-6(8)9-3-5(4)7;1-4-7(5-2)6-3;1-5(2,3)4(6)7/h8,10H,9H2,1-7H3,(H,18,19,21);2-3H,7H2,1H3,(H2,8,9);4-6H2,1-3H3;1-3H3. The molecule has 1 amide bonds. The first-order chi connectivity index (χ1) is 19.9. The molecule has 0 fully saturated rings. The summed E-state index contributed by atoms with van der Waals surface area (Å²) < 4.78 is 0. The van der Waals surface area contributed by atoms with Crippen LogP contribution in [0.1, 0.15) is 99.8 Å². The number of hydrogen-bond acceptors (Lipinski definition) is 8. The molecule has 0 unspecified atom stereocenters. The fourth-order valence-electron chi connectivity index (χ4n) is 2.84. The quantitative estimate of drug-likeness (QED) is 0.282. The van der Waals surface area contributed by atoms with Crippen molar-refractivity contribution < 1.29 is 14.4 Å². The summed E-state index contributed by atoms with van der Waals surface area (Å²) in [4.78, 5) is 44.7. The number of nitrogen functional groups attached to an aromatic ring is 2. The summed E-state index contributed by atoms with van der Waals surface area (Å²) in [6.45, 7) is 30.6. The summed E-state index contributed by atoms with van der Waals surface area (Å²) in [5.41, 5.74) is 13.2. The monoisotopic (exact) mass is 634 g/mol. The third-order valence-corrected chi connectivity index (χ3v) is 7.00. The second-order valence-corrected chi connectivity index (χ2v) is 14.0. The molecule has 0 bridgehead atoms. The Morgan fingerprint density at radius 1 is 0.773 bits per heavy atom. The largest absolute Gasteiger partial charge is 0.397 e. The highest BCUT2D eigenvalue weighted by molar-refractivity contribution is 6.64. The summed E-state index contributed by atoms with van der Waals surface area (Å²) in [7, 11) is 0. The van der Waals surface area contributed by atoms with Crippen LogP contribution in [0.5, 0.6) is 0 Å². The van der Waals surface area contributed by atoms with Gasteiger partial charge in [0.2, 0.25) is 11.1 Å². The van der Waals surface area contributed by atoms with Gasteiger partial charge in [0, 0.05) is 28.9 Å². The van der Waals surface area contributed by atoms with Crippen LogP contribution >= 0.6 is 11.6 Å². The molecule has 2 heterocycles. The minimum Gasteiger partial charge on any atom is -0.397 e. The van der Waals surface area contributed by atoms with Crippen LogP contribution in [0.15, 0.2) is 24.5 Å². The topological polar surface area (TPSA) is 144 Å². The molecule has 0 saturated heterocycles. The van der Waals surface area contributed by atoms with Crippen molar-refractivity contribution >= 4 is 45.9 Å². The highest BCUT2D eigenvalue weighted by Gasteiger charge is 2.23. The maximum absolute atomic E-state index is 12.1. The van der Waals surface area contributed by atoms with E-state index in [1.807, 2.05) is 61.5 Å². The minimum absolute atomic E-state index is 0.0760. The predicted molar refractivity (Wildman–Crippen MR) is 187 cm³/mol. The number of carbonyl (C=O) groups is 3. The van der Waals surface area contributed by atoms with Crippen molar-refractivity contribution in [2.24, 2.45) is 16.2 Å². The van der Waals surface area contributed by atoms with Crippen molar-refractivity contribution in [2.45, 2.75) is 103 Å². The summed E-state index contributed by atoms with van der Waals surface area (Å²) in [5.74, 6) is 1.15. The van der Waals surface area contributed by atoms with Gasteiger partial charge >= 0.3 is 0 Å². The number of nitrogens with one attached hydrogen (secondary N) is 1. The van der Waals surface area contributed by atoms with Gasteiger partial charge < -0.3 is 21.7 Å². The van der Waals surface area contributed by atoms with E-state index < -0.39 is 5.41 Å². The molecular weight excluding hydrogens is 576 g/mol. The number of nitrogens with zero attached hydrogens (tertiary/aromatic N) is 3. The molecule has 2 aromatic rings. The molecule has 0 aromatic carbocycles. The first-order valence-electron chi connectivity index (χ1n) is 15.1. The summed E-state index contributed by atoms with van der Waals surface area (Å²) in [6, 6.07) is 3.56. The van der Waals surface area contributed by atoms with Crippen LogP contribution in [-0.4, -0.2) is 51.4 Å². The van der Waals surface area contributed by atoms with E-state index in [-0.39, 0.29) is 27.8 Å². The number of anilines is 3. The van der Waals surface area contributed by atoms with E-state index in [4.69, 9.17) is 23.1 Å². The number of aromatic nitrogens is 2. The molecule has 0 spiro atoms. The Hall–Kier alpha value is -3.04. The molecular formula is C34H59ClN6O3. The first-order valence-corrected chi connectivity index (χ1v) is 15.5. The Kier molecular flexibility index (Phi) is 19.0. The summed E-state index contributed by atoms with van der Waals surface area (Å²) in [5, 5.41) is 2.51. The lowest BCUT2D eigenvalue weighted by molar-refractivity contribution is -0.125. The van der Waals surface area contributed by atoms with Gasteiger partial charge in [-0.15, -0.1) is 0 Å². The Morgan fingerprint density at radius 2 is 1.25 bits per heavy atom. The van der Waals surface area contributed by atoms with E-state index in [2.05, 4.69) is 41.0 Å². The molecule has 2 aromatic heterocycles. The van der Waals surface area contributed by atoms with Crippen molar-refractivity contribution in [3.8, 4) is 0 Å². The molecule has 250 valence electrons. The van der Waals surface area contributed by atoms with Crippen LogP contribution in [0.4, 0.5) is 17.3 Å². The Bertz CT molecular complexity index is 1190. The number of Topliss-reactive ketones (excluding diaryl/α,β-unsaturated/α-hetero) is 1. The number of carbonyl (C=O) groups excluding carboxylic acids is 3. The second-order valence-electron chi connectivity index (χ2n) is 13.7. The van der Waals surface area contributed by atoms with E-state index in [0.29, 0.717) is 23.7 Å². The summed E-state index contributed by atoms with van der Waals surface area (Å²) in [6.07, 6.45) is 3.61. The van der Waals surface area contributed by atoms with Gasteiger partial charge in [-0.05, 0) is 73.9 Å². The van der Waals surface area contributed by atoms with Crippen molar-refractivity contribution in [1.82, 2.24) is 14.9 Å². The zero-order chi connectivity index (χ0) is 35.1. The lowest BCUT2D eigenvalue weighted by Gasteiger charge is -2.19. The maximum Gasteiger partial charge on any atom is 0.230 e. The Morgan fingerprint density at radius 3 is 1.55 bits per heavy atom. The van der Waals surface area contributed by atoms with Gasteiger partial charge in [-0.3, -0.25) is 14.4 Å². The average molecular weight is 635 g/mol. The molecule has 10 heteroatoms. The van der Waals surface area contributed by atoms with Crippen LogP contribution in [0.2, 0.25) is 0 Å². The second kappa shape index (κ2) is 19.4. The van der Waals surface area contributed by atoms with E-state index in [0.717, 1.165) is 16.7 Å². The van der Waals surface area contributed by atoms with E-state index in [1.165, 1.54) is 19.6 Å². The number of amides is 1. The van der Waals surface area contributed by atoms with Gasteiger partial charge in [0.25, 0.3) is 0 Å². The lowest BCUT2D eigenvalue weighted by Crippen LogP contribution is -2.28. The van der Waals surface area contributed by atoms with Gasteiger partial charge in [-0.2, -0.15) is 0 Å². The number of pyridine rings is 2. The lowest BCUT2D eigenvalue weighted by atomic mass is 9.86. The van der Waals surface area contributed by atoms with Crippen LogP contribution < -0.4 is 16.8 Å². The van der Waals surface area contributed by atoms with Crippen LogP contribution in [0, 0.1) is 30.1 Å². The fourth-order valence-corrected chi connectivity index (χ4v) is 2.84. The minimum atomic E-state index is -0.462. The average Bonchev–Trinajstić information content (AvgIpc) is 2.88. The highest BCUT2D eigenvalue weighted by atomic mass is 35.5. The first kappa shape index (κ1) is 43.1. The molecule has 0 aliphatic carbocycles. The van der Waals surface area contributed by atoms with E-state index >= 15 is 0 Å². The zero-order valence-electron chi connectivity index (χ0n) is 29.7. The van der Waals surface area contributed by atoms with Crippen molar-refractivity contribution in [3.05, 3.63) is 41.2 Å². The Balaban J connectivity index is 0. The van der Waals surface area contributed by atoms with Crippen molar-refractivity contribution in [1.29, 1.82) is 0 Å². The summed E-state index contributed by atoms with van der Waals surface area (Å²) >= 11 is 5.11. The van der Waals surface area contributed by atoms with Gasteiger partial charge in [-0.25, -0.2) is 9.97 Å². The van der Waals surface area contributed by atoms with Crippen molar-refractivity contribution in [2.75, 3.05) is 36.4 Å². The highest BCUT2D eigenvalue weighted by Crippen LogP contribution is 2.22. The molecule has 0 saturated carbocycles. The van der Waals surface area contributed by atoms with Gasteiger partial charge in [0.05, 0.1) is 11.9 Å². The molecule has 0 radical (unpaired) electrons. The molecule has 5 N–H and O–H groups in total. The molecule has 2 rings (SSSR count). The van der Waals surface area contributed by atoms with Crippen LogP contribution in [0.3, 0.4) is 0 Å².